The highest BCUT2D eigenvalue weighted by molar-refractivity contribution is 8.02. The van der Waals surface area contributed by atoms with Gasteiger partial charge in [-0.05, 0) is 38.5 Å². The lowest BCUT2D eigenvalue weighted by Crippen LogP contribution is -2.55. The molecular weight excluding hydrogens is 452 g/mol. The van der Waals surface area contributed by atoms with Crippen LogP contribution < -0.4 is 0 Å². The minimum Gasteiger partial charge on any atom is -0.465 e. The van der Waals surface area contributed by atoms with Crippen LogP contribution in [0.2, 0.25) is 0 Å². The van der Waals surface area contributed by atoms with Crippen LogP contribution in [0, 0.1) is 11.8 Å². The Morgan fingerprint density at radius 2 is 2.06 bits per heavy atom. The van der Waals surface area contributed by atoms with E-state index in [-0.39, 0.29) is 36.2 Å². The summed E-state index contributed by atoms with van der Waals surface area (Å²) in [4.78, 5) is 44.0. The quantitative estimate of drug-likeness (QED) is 0.215. The fourth-order valence-corrected chi connectivity index (χ4v) is 8.08. The number of β-amino-alcohol motifs (C(OH)–C–C–N with tert-alkyl or cyclic N) is 1. The van der Waals surface area contributed by atoms with Gasteiger partial charge in [-0.1, -0.05) is 31.9 Å². The van der Waals surface area contributed by atoms with Crippen LogP contribution in [0.25, 0.3) is 0 Å². The van der Waals surface area contributed by atoms with Crippen LogP contribution >= 0.6 is 11.8 Å². The summed E-state index contributed by atoms with van der Waals surface area (Å²) in [5.41, 5.74) is 0. The molecule has 3 fully saturated rings. The Labute approximate surface area is 208 Å². The standard InChI is InChI=1S/C26H40N2O5S/c1-4-7-9-11-18-33-25(32)20-19-12-13-26(34-19)21(20)23(30)28(16-17-29)22(26)24(31)27(14-6-3)15-10-8-5-2/h4,6,19-22,29H,1,3,5,7-18H2,2H3/t19-,20+,21+,22?,26?/m1/s1. The van der Waals surface area contributed by atoms with Gasteiger partial charge in [0, 0.05) is 24.9 Å². The van der Waals surface area contributed by atoms with Crippen molar-refractivity contribution in [3.63, 3.8) is 0 Å². The first-order valence-electron chi connectivity index (χ1n) is 12.7. The molecule has 3 heterocycles. The molecular formula is C26H40N2O5S. The Bertz CT molecular complexity index is 774. The number of aliphatic hydroxyl groups excluding tert-OH is 1. The predicted molar refractivity (Wildman–Crippen MR) is 134 cm³/mol. The summed E-state index contributed by atoms with van der Waals surface area (Å²) in [6.07, 6.45) is 10.6. The van der Waals surface area contributed by atoms with E-state index in [1.807, 2.05) is 6.08 Å². The average molecular weight is 493 g/mol. The number of thioether (sulfide) groups is 1. The van der Waals surface area contributed by atoms with Crippen molar-refractivity contribution in [1.29, 1.82) is 0 Å². The van der Waals surface area contributed by atoms with Crippen molar-refractivity contribution in [2.75, 3.05) is 32.8 Å². The van der Waals surface area contributed by atoms with Crippen molar-refractivity contribution in [3.8, 4) is 0 Å². The average Bonchev–Trinajstić information content (AvgIpc) is 3.46. The van der Waals surface area contributed by atoms with E-state index >= 15 is 0 Å². The third-order valence-corrected chi connectivity index (χ3v) is 9.34. The van der Waals surface area contributed by atoms with Crippen LogP contribution in [0.4, 0.5) is 0 Å². The number of esters is 1. The van der Waals surface area contributed by atoms with Gasteiger partial charge in [0.05, 0.1) is 29.8 Å². The maximum atomic E-state index is 13.9. The fraction of sp³-hybridized carbons (Fsp3) is 0.731. The lowest BCUT2D eigenvalue weighted by Gasteiger charge is -2.37. The molecule has 3 aliphatic heterocycles. The number of hydrogen-bond donors (Lipinski definition) is 1. The molecule has 0 aliphatic carbocycles. The summed E-state index contributed by atoms with van der Waals surface area (Å²) in [6.45, 7) is 10.9. The minimum atomic E-state index is -0.667. The van der Waals surface area contributed by atoms with Gasteiger partial charge < -0.3 is 19.6 Å². The van der Waals surface area contributed by atoms with E-state index in [0.717, 1.165) is 51.4 Å². The van der Waals surface area contributed by atoms with Gasteiger partial charge in [-0.2, -0.15) is 0 Å². The summed E-state index contributed by atoms with van der Waals surface area (Å²) in [6, 6.07) is -0.667. The van der Waals surface area contributed by atoms with E-state index in [4.69, 9.17) is 4.74 Å². The third kappa shape index (κ3) is 5.08. The zero-order valence-corrected chi connectivity index (χ0v) is 21.3. The van der Waals surface area contributed by atoms with Gasteiger partial charge in [0.15, 0.2) is 0 Å². The lowest BCUT2D eigenvalue weighted by atomic mass is 9.71. The molecule has 8 heteroatoms. The van der Waals surface area contributed by atoms with Crippen LogP contribution in [0.3, 0.4) is 0 Å². The third-order valence-electron chi connectivity index (χ3n) is 7.39. The zero-order valence-electron chi connectivity index (χ0n) is 20.5. The van der Waals surface area contributed by atoms with E-state index in [1.165, 1.54) is 0 Å². The Hall–Kier alpha value is -1.80. The van der Waals surface area contributed by atoms with Crippen molar-refractivity contribution in [1.82, 2.24) is 9.80 Å². The molecule has 2 amide bonds. The monoisotopic (exact) mass is 492 g/mol. The van der Waals surface area contributed by atoms with E-state index < -0.39 is 22.6 Å². The fourth-order valence-electron chi connectivity index (χ4n) is 5.88. The Balaban J connectivity index is 1.83. The van der Waals surface area contributed by atoms with Gasteiger partial charge in [0.25, 0.3) is 0 Å². The first kappa shape index (κ1) is 26.8. The van der Waals surface area contributed by atoms with Crippen LogP contribution in [-0.4, -0.2) is 81.6 Å². The van der Waals surface area contributed by atoms with Gasteiger partial charge >= 0.3 is 5.97 Å². The number of ether oxygens (including phenoxy) is 1. The summed E-state index contributed by atoms with van der Waals surface area (Å²) in [5.74, 6) is -1.70. The highest BCUT2D eigenvalue weighted by atomic mass is 32.2. The second kappa shape index (κ2) is 12.2. The second-order valence-corrected chi connectivity index (χ2v) is 11.1. The topological polar surface area (TPSA) is 87.1 Å². The number of aliphatic hydroxyl groups is 1. The summed E-state index contributed by atoms with van der Waals surface area (Å²) in [7, 11) is 0. The number of carbonyl (C=O) groups is 3. The van der Waals surface area contributed by atoms with Gasteiger partial charge in [-0.3, -0.25) is 14.4 Å². The molecule has 0 aromatic heterocycles. The lowest BCUT2D eigenvalue weighted by molar-refractivity contribution is -0.154. The number of allylic oxidation sites excluding steroid dienone is 1. The van der Waals surface area contributed by atoms with E-state index in [1.54, 1.807) is 27.6 Å². The Morgan fingerprint density at radius 1 is 1.26 bits per heavy atom. The summed E-state index contributed by atoms with van der Waals surface area (Å²) in [5, 5.41) is 9.71. The first-order valence-corrected chi connectivity index (χ1v) is 13.6. The molecule has 0 radical (unpaired) electrons. The highest BCUT2D eigenvalue weighted by Crippen LogP contribution is 2.66. The molecule has 2 bridgehead atoms. The molecule has 2 unspecified atom stereocenters. The number of likely N-dealkylation sites (tertiary alicyclic amines) is 1. The smallest absolute Gasteiger partial charge is 0.310 e. The van der Waals surface area contributed by atoms with Gasteiger partial charge in [-0.15, -0.1) is 24.9 Å². The number of carbonyl (C=O) groups excluding carboxylic acids is 3. The Morgan fingerprint density at radius 3 is 2.74 bits per heavy atom. The van der Waals surface area contributed by atoms with Crippen LogP contribution in [0.15, 0.2) is 25.3 Å². The molecule has 3 saturated heterocycles. The number of amides is 2. The van der Waals surface area contributed by atoms with Crippen molar-refractivity contribution >= 4 is 29.5 Å². The van der Waals surface area contributed by atoms with E-state index in [9.17, 15) is 19.5 Å². The van der Waals surface area contributed by atoms with Gasteiger partial charge in [0.1, 0.15) is 6.04 Å². The molecule has 1 N–H and O–H groups in total. The number of nitrogens with zero attached hydrogens (tertiary/aromatic N) is 2. The van der Waals surface area contributed by atoms with Gasteiger partial charge in [-0.25, -0.2) is 0 Å². The van der Waals surface area contributed by atoms with Crippen LogP contribution in [0.5, 0.6) is 0 Å². The summed E-state index contributed by atoms with van der Waals surface area (Å²) < 4.78 is 4.97. The molecule has 3 rings (SSSR count). The largest absolute Gasteiger partial charge is 0.465 e. The van der Waals surface area contributed by atoms with Gasteiger partial charge in [0.2, 0.25) is 11.8 Å². The molecule has 7 nitrogen and oxygen atoms in total. The highest BCUT2D eigenvalue weighted by Gasteiger charge is 2.74. The molecule has 0 aromatic rings. The molecule has 190 valence electrons. The Kier molecular flexibility index (Phi) is 9.65. The molecule has 0 saturated carbocycles. The number of unbranched alkanes of at least 4 members (excludes halogenated alkanes) is 4. The molecule has 3 aliphatic rings. The van der Waals surface area contributed by atoms with Crippen LogP contribution in [-0.2, 0) is 19.1 Å². The predicted octanol–water partition coefficient (Wildman–Crippen LogP) is 3.17. The maximum Gasteiger partial charge on any atom is 0.310 e. The van der Waals surface area contributed by atoms with Crippen LogP contribution in [0.1, 0.15) is 58.3 Å². The normalized spacial score (nSPS) is 29.2. The second-order valence-electron chi connectivity index (χ2n) is 9.54. The number of hydrogen-bond acceptors (Lipinski definition) is 6. The number of fused-ring (bicyclic) bond motifs is 1. The minimum absolute atomic E-state index is 0.00542. The van der Waals surface area contributed by atoms with Crippen molar-refractivity contribution in [2.24, 2.45) is 11.8 Å². The SMILES string of the molecule is C=CCCCCOC(=O)[C@@H]1[C@H]2C(=O)N(CCO)C(C(=O)N(CC=C)CCCCC)C23CC[C@H]1S3. The zero-order chi connectivity index (χ0) is 24.7. The van der Waals surface area contributed by atoms with Crippen molar-refractivity contribution in [3.05, 3.63) is 25.3 Å². The van der Waals surface area contributed by atoms with Crippen molar-refractivity contribution in [2.45, 2.75) is 74.3 Å². The molecule has 0 aromatic carbocycles. The first-order chi connectivity index (χ1) is 16.5. The maximum absolute atomic E-state index is 13.9. The van der Waals surface area contributed by atoms with Crippen molar-refractivity contribution < 1.29 is 24.2 Å². The molecule has 34 heavy (non-hydrogen) atoms. The summed E-state index contributed by atoms with van der Waals surface area (Å²) >= 11 is 1.64. The molecule has 1 spiro atoms. The molecule has 5 atom stereocenters. The van der Waals surface area contributed by atoms with E-state index in [0.29, 0.717) is 19.7 Å². The number of rotatable bonds is 15. The van der Waals surface area contributed by atoms with E-state index in [2.05, 4.69) is 20.1 Å².